The van der Waals surface area contributed by atoms with Crippen LogP contribution >= 0.6 is 0 Å². The van der Waals surface area contributed by atoms with Crippen molar-refractivity contribution >= 4 is 11.6 Å². The van der Waals surface area contributed by atoms with E-state index in [-0.39, 0.29) is 0 Å². The molecular weight excluding hydrogens is 224 g/mol. The fraction of sp³-hybridized carbons (Fsp3) is 0.714. The van der Waals surface area contributed by atoms with Gasteiger partial charge in [-0.25, -0.2) is 9.97 Å². The molecule has 0 aliphatic rings. The standard InChI is InChI=1S/C14H26N4/c1-5-8-11(7-3)16-14-10-13(15-4)17-12(18-14)9-6-2/h10-11H,5-9H2,1-4H3,(H2,15,16,17,18). The molecule has 102 valence electrons. The molecule has 1 unspecified atom stereocenters. The summed E-state index contributed by atoms with van der Waals surface area (Å²) >= 11 is 0. The van der Waals surface area contributed by atoms with Crippen LogP contribution < -0.4 is 10.6 Å². The molecule has 1 aromatic heterocycles. The van der Waals surface area contributed by atoms with E-state index in [1.165, 1.54) is 12.8 Å². The molecule has 0 aliphatic carbocycles. The van der Waals surface area contributed by atoms with Crippen LogP contribution in [0.4, 0.5) is 11.6 Å². The predicted octanol–water partition coefficient (Wildman–Crippen LogP) is 3.46. The van der Waals surface area contributed by atoms with Gasteiger partial charge in [-0.1, -0.05) is 27.2 Å². The number of nitrogens with zero attached hydrogens (tertiary/aromatic N) is 2. The van der Waals surface area contributed by atoms with Crippen LogP contribution in [0.1, 0.15) is 52.3 Å². The average molecular weight is 250 g/mol. The molecule has 0 saturated carbocycles. The number of anilines is 2. The van der Waals surface area contributed by atoms with Gasteiger partial charge in [0.05, 0.1) is 0 Å². The summed E-state index contributed by atoms with van der Waals surface area (Å²) in [4.78, 5) is 9.04. The van der Waals surface area contributed by atoms with Crippen molar-refractivity contribution in [3.05, 3.63) is 11.9 Å². The molecule has 0 saturated heterocycles. The van der Waals surface area contributed by atoms with Crippen molar-refractivity contribution in [3.63, 3.8) is 0 Å². The van der Waals surface area contributed by atoms with Gasteiger partial charge in [0.25, 0.3) is 0 Å². The molecule has 1 aromatic rings. The minimum absolute atomic E-state index is 0.504. The molecule has 1 atom stereocenters. The highest BCUT2D eigenvalue weighted by Gasteiger charge is 2.08. The van der Waals surface area contributed by atoms with Gasteiger partial charge in [-0.3, -0.25) is 0 Å². The number of hydrogen-bond acceptors (Lipinski definition) is 4. The number of aryl methyl sites for hydroxylation is 1. The highest BCUT2D eigenvalue weighted by Crippen LogP contribution is 2.15. The van der Waals surface area contributed by atoms with E-state index in [1.54, 1.807) is 0 Å². The summed E-state index contributed by atoms with van der Waals surface area (Å²) in [6.07, 6.45) is 5.49. The minimum Gasteiger partial charge on any atom is -0.373 e. The molecule has 0 radical (unpaired) electrons. The molecule has 0 bridgehead atoms. The Morgan fingerprint density at radius 3 is 2.39 bits per heavy atom. The Labute approximate surface area is 111 Å². The second-order valence-electron chi connectivity index (χ2n) is 4.59. The summed E-state index contributed by atoms with van der Waals surface area (Å²) in [5, 5.41) is 6.61. The van der Waals surface area contributed by atoms with Crippen LogP contribution in [0.3, 0.4) is 0 Å². The van der Waals surface area contributed by atoms with Gasteiger partial charge < -0.3 is 10.6 Å². The Bertz CT molecular complexity index is 352. The number of aromatic nitrogens is 2. The fourth-order valence-electron chi connectivity index (χ4n) is 1.97. The Morgan fingerprint density at radius 2 is 1.83 bits per heavy atom. The highest BCUT2D eigenvalue weighted by atomic mass is 15.1. The van der Waals surface area contributed by atoms with Crippen LogP contribution in [0.5, 0.6) is 0 Å². The Morgan fingerprint density at radius 1 is 1.11 bits per heavy atom. The molecule has 0 aromatic carbocycles. The Balaban J connectivity index is 2.82. The van der Waals surface area contributed by atoms with Gasteiger partial charge in [-0.05, 0) is 19.3 Å². The number of hydrogen-bond donors (Lipinski definition) is 2. The molecule has 4 heteroatoms. The third-order valence-corrected chi connectivity index (χ3v) is 2.98. The zero-order valence-corrected chi connectivity index (χ0v) is 12.1. The van der Waals surface area contributed by atoms with E-state index in [4.69, 9.17) is 0 Å². The van der Waals surface area contributed by atoms with E-state index in [1.807, 2.05) is 13.1 Å². The zero-order chi connectivity index (χ0) is 13.4. The van der Waals surface area contributed by atoms with E-state index < -0.39 is 0 Å². The third kappa shape index (κ3) is 4.51. The van der Waals surface area contributed by atoms with Crippen LogP contribution in [-0.4, -0.2) is 23.1 Å². The minimum atomic E-state index is 0.504. The smallest absolute Gasteiger partial charge is 0.133 e. The first-order chi connectivity index (χ1) is 8.73. The summed E-state index contributed by atoms with van der Waals surface area (Å²) in [5.41, 5.74) is 0. The fourth-order valence-corrected chi connectivity index (χ4v) is 1.97. The molecule has 0 spiro atoms. The molecule has 2 N–H and O–H groups in total. The second-order valence-corrected chi connectivity index (χ2v) is 4.59. The van der Waals surface area contributed by atoms with Crippen LogP contribution in [0.2, 0.25) is 0 Å². The van der Waals surface area contributed by atoms with Gasteiger partial charge in [0.1, 0.15) is 17.5 Å². The first kappa shape index (κ1) is 14.7. The topological polar surface area (TPSA) is 49.8 Å². The van der Waals surface area contributed by atoms with Crippen LogP contribution in [0.25, 0.3) is 0 Å². The Kier molecular flexibility index (Phi) is 6.47. The van der Waals surface area contributed by atoms with E-state index in [9.17, 15) is 0 Å². The lowest BCUT2D eigenvalue weighted by Crippen LogP contribution is -2.19. The normalized spacial score (nSPS) is 12.2. The quantitative estimate of drug-likeness (QED) is 0.742. The molecule has 0 amide bonds. The van der Waals surface area contributed by atoms with Crippen LogP contribution in [0, 0.1) is 0 Å². The first-order valence-corrected chi connectivity index (χ1v) is 7.05. The highest BCUT2D eigenvalue weighted by molar-refractivity contribution is 5.47. The Hall–Kier alpha value is -1.32. The van der Waals surface area contributed by atoms with Crippen molar-refractivity contribution in [2.24, 2.45) is 0 Å². The summed E-state index contributed by atoms with van der Waals surface area (Å²) in [7, 11) is 1.89. The summed E-state index contributed by atoms with van der Waals surface area (Å²) < 4.78 is 0. The lowest BCUT2D eigenvalue weighted by atomic mass is 10.1. The van der Waals surface area contributed by atoms with Crippen molar-refractivity contribution in [2.75, 3.05) is 17.7 Å². The third-order valence-electron chi connectivity index (χ3n) is 2.98. The van der Waals surface area contributed by atoms with E-state index >= 15 is 0 Å². The monoisotopic (exact) mass is 250 g/mol. The van der Waals surface area contributed by atoms with Crippen molar-refractivity contribution in [3.8, 4) is 0 Å². The van der Waals surface area contributed by atoms with Gasteiger partial charge in [0.15, 0.2) is 0 Å². The predicted molar refractivity (Wildman–Crippen MR) is 78.2 cm³/mol. The SMILES string of the molecule is CCCc1nc(NC)cc(NC(CC)CCC)n1. The van der Waals surface area contributed by atoms with Crippen molar-refractivity contribution in [1.82, 2.24) is 9.97 Å². The molecule has 1 heterocycles. The summed E-state index contributed by atoms with van der Waals surface area (Å²) in [6.45, 7) is 6.57. The maximum atomic E-state index is 4.58. The van der Waals surface area contributed by atoms with Crippen molar-refractivity contribution in [1.29, 1.82) is 0 Å². The van der Waals surface area contributed by atoms with Gasteiger partial charge in [-0.15, -0.1) is 0 Å². The van der Waals surface area contributed by atoms with Gasteiger partial charge in [-0.2, -0.15) is 0 Å². The van der Waals surface area contributed by atoms with Crippen molar-refractivity contribution < 1.29 is 0 Å². The molecule has 0 aliphatic heterocycles. The molecule has 0 fully saturated rings. The maximum absolute atomic E-state index is 4.58. The van der Waals surface area contributed by atoms with Gasteiger partial charge >= 0.3 is 0 Å². The van der Waals surface area contributed by atoms with Gasteiger partial charge in [0.2, 0.25) is 0 Å². The lowest BCUT2D eigenvalue weighted by molar-refractivity contribution is 0.619. The molecular formula is C14H26N4. The van der Waals surface area contributed by atoms with Crippen LogP contribution in [0.15, 0.2) is 6.07 Å². The van der Waals surface area contributed by atoms with E-state index in [0.29, 0.717) is 6.04 Å². The lowest BCUT2D eigenvalue weighted by Gasteiger charge is -2.17. The maximum Gasteiger partial charge on any atom is 0.133 e. The molecule has 4 nitrogen and oxygen atoms in total. The largest absolute Gasteiger partial charge is 0.373 e. The average Bonchev–Trinajstić information content (AvgIpc) is 2.38. The van der Waals surface area contributed by atoms with Crippen molar-refractivity contribution in [2.45, 2.75) is 58.9 Å². The number of rotatable bonds is 8. The van der Waals surface area contributed by atoms with Gasteiger partial charge in [0, 0.05) is 25.6 Å². The first-order valence-electron chi connectivity index (χ1n) is 7.05. The second kappa shape index (κ2) is 7.90. The summed E-state index contributed by atoms with van der Waals surface area (Å²) in [6, 6.07) is 2.49. The zero-order valence-electron chi connectivity index (χ0n) is 12.1. The number of nitrogens with one attached hydrogen (secondary N) is 2. The summed E-state index contributed by atoms with van der Waals surface area (Å²) in [5.74, 6) is 2.75. The molecule has 18 heavy (non-hydrogen) atoms. The van der Waals surface area contributed by atoms with E-state index in [2.05, 4.69) is 41.4 Å². The van der Waals surface area contributed by atoms with Crippen LogP contribution in [-0.2, 0) is 6.42 Å². The van der Waals surface area contributed by atoms with E-state index in [0.717, 1.165) is 36.7 Å². The molecule has 1 rings (SSSR count).